The lowest BCUT2D eigenvalue weighted by atomic mass is 10.2. The monoisotopic (exact) mass is 506 g/mol. The number of rotatable bonds is 4. The highest BCUT2D eigenvalue weighted by molar-refractivity contribution is 9.11. The van der Waals surface area contributed by atoms with Gasteiger partial charge in [-0.05, 0) is 56.1 Å². The number of hydrogen-bond donors (Lipinski definition) is 2. The number of phenols is 2. The Morgan fingerprint density at radius 3 is 1.50 bits per heavy atom. The van der Waals surface area contributed by atoms with E-state index in [2.05, 4.69) is 41.3 Å². The average Bonchev–Trinajstić information content (AvgIpc) is 2.63. The molecule has 0 unspecified atom stereocenters. The fourth-order valence-corrected chi connectivity index (χ4v) is 4.42. The summed E-state index contributed by atoms with van der Waals surface area (Å²) < 4.78 is 22.4. The van der Waals surface area contributed by atoms with E-state index in [0.717, 1.165) is 14.2 Å². The van der Waals surface area contributed by atoms with E-state index in [4.69, 9.17) is 0 Å². The first-order chi connectivity index (χ1) is 12.2. The van der Waals surface area contributed by atoms with Gasteiger partial charge < -0.3 is 19.7 Å². The molecule has 0 fully saturated rings. The zero-order valence-corrected chi connectivity index (χ0v) is 17.4. The van der Waals surface area contributed by atoms with Gasteiger partial charge in [0, 0.05) is 9.79 Å². The summed E-state index contributed by atoms with van der Waals surface area (Å²) in [5, 5.41) is 19.9. The molecule has 0 spiro atoms. The van der Waals surface area contributed by atoms with Gasteiger partial charge >= 0.3 is 11.9 Å². The number of benzene rings is 2. The van der Waals surface area contributed by atoms with E-state index in [9.17, 15) is 24.0 Å². The molecule has 0 aliphatic rings. The maximum atomic E-state index is 12.9. The largest absolute Gasteiger partial charge is 0.506 e. The van der Waals surface area contributed by atoms with Crippen LogP contribution in [0, 0.1) is 0 Å². The molecule has 26 heavy (non-hydrogen) atoms. The molecule has 0 saturated carbocycles. The van der Waals surface area contributed by atoms with Crippen molar-refractivity contribution in [3.63, 3.8) is 0 Å². The van der Waals surface area contributed by atoms with Crippen molar-refractivity contribution in [2.75, 3.05) is 14.2 Å². The third kappa shape index (κ3) is 3.92. The predicted octanol–water partition coefficient (Wildman–Crippen LogP) is 3.36. The molecule has 0 radical (unpaired) electrons. The lowest BCUT2D eigenvalue weighted by Gasteiger charge is -2.11. The van der Waals surface area contributed by atoms with Crippen molar-refractivity contribution < 1.29 is 33.5 Å². The summed E-state index contributed by atoms with van der Waals surface area (Å²) in [6, 6.07) is 5.19. The fourth-order valence-electron chi connectivity index (χ4n) is 2.03. The molecule has 2 aromatic carbocycles. The molecular weight excluding hydrogens is 496 g/mol. The van der Waals surface area contributed by atoms with Crippen molar-refractivity contribution >= 4 is 54.6 Å². The molecule has 0 aromatic heterocycles. The van der Waals surface area contributed by atoms with Crippen molar-refractivity contribution in [3.8, 4) is 11.5 Å². The third-order valence-corrected chi connectivity index (χ3v) is 5.85. The molecule has 0 aliphatic heterocycles. The Hall–Kier alpha value is -1.91. The Labute approximate surface area is 167 Å². The Morgan fingerprint density at radius 1 is 0.846 bits per heavy atom. The summed E-state index contributed by atoms with van der Waals surface area (Å²) >= 11 is 6.19. The lowest BCUT2D eigenvalue weighted by Crippen LogP contribution is -2.06. The number of carbonyl (C=O) groups excluding carboxylic acids is 2. The van der Waals surface area contributed by atoms with E-state index in [1.165, 1.54) is 24.3 Å². The molecule has 2 rings (SSSR count). The van der Waals surface area contributed by atoms with Crippen LogP contribution in [-0.2, 0) is 20.3 Å². The number of aromatic hydroxyl groups is 2. The van der Waals surface area contributed by atoms with E-state index in [0.29, 0.717) is 0 Å². The lowest BCUT2D eigenvalue weighted by molar-refractivity contribution is 0.0587. The highest BCUT2D eigenvalue weighted by Crippen LogP contribution is 2.35. The minimum absolute atomic E-state index is 0.148. The first-order valence-corrected chi connectivity index (χ1v) is 9.58. The van der Waals surface area contributed by atoms with Gasteiger partial charge in [0.2, 0.25) is 0 Å². The first kappa shape index (κ1) is 20.4. The van der Waals surface area contributed by atoms with Gasteiger partial charge in [0.05, 0.1) is 34.0 Å². The summed E-state index contributed by atoms with van der Waals surface area (Å²) in [6.07, 6.45) is 0. The van der Waals surface area contributed by atoms with Crippen molar-refractivity contribution in [2.24, 2.45) is 0 Å². The number of phenolic OH excluding ortho intramolecular Hbond substituents is 2. The van der Waals surface area contributed by atoms with E-state index >= 15 is 0 Å². The van der Waals surface area contributed by atoms with Gasteiger partial charge in [-0.25, -0.2) is 13.8 Å². The number of halogens is 2. The number of hydrogen-bond acceptors (Lipinski definition) is 7. The van der Waals surface area contributed by atoms with Crippen LogP contribution in [0.5, 0.6) is 11.5 Å². The normalized spacial score (nSPS) is 10.7. The fraction of sp³-hybridized carbons (Fsp3) is 0.125. The SMILES string of the molecule is COC(=O)c1cc(S(=O)c2cc(Br)c(O)c(C(=O)OC)c2)cc(Br)c1O. The Kier molecular flexibility index (Phi) is 6.43. The number of ether oxygens (including phenoxy) is 2. The molecule has 0 amide bonds. The third-order valence-electron chi connectivity index (χ3n) is 3.31. The van der Waals surface area contributed by atoms with Crippen LogP contribution >= 0.6 is 31.9 Å². The van der Waals surface area contributed by atoms with Crippen molar-refractivity contribution in [3.05, 3.63) is 44.3 Å². The highest BCUT2D eigenvalue weighted by atomic mass is 79.9. The van der Waals surface area contributed by atoms with Crippen LogP contribution in [-0.4, -0.2) is 40.6 Å². The Morgan fingerprint density at radius 2 is 1.19 bits per heavy atom. The summed E-state index contributed by atoms with van der Waals surface area (Å²) in [7, 11) is 0.464. The molecule has 0 bridgehead atoms. The van der Waals surface area contributed by atoms with Gasteiger partial charge in [0.25, 0.3) is 0 Å². The summed E-state index contributed by atoms with van der Waals surface area (Å²) in [5.74, 6) is -2.30. The quantitative estimate of drug-likeness (QED) is 0.610. The number of carbonyl (C=O) groups is 2. The van der Waals surface area contributed by atoms with Crippen LogP contribution in [0.4, 0.5) is 0 Å². The zero-order valence-electron chi connectivity index (χ0n) is 13.4. The van der Waals surface area contributed by atoms with Crippen molar-refractivity contribution in [2.45, 2.75) is 9.79 Å². The smallest absolute Gasteiger partial charge is 0.341 e. The second-order valence-corrected chi connectivity index (χ2v) is 8.04. The number of esters is 2. The van der Waals surface area contributed by atoms with E-state index in [1.54, 1.807) is 0 Å². The van der Waals surface area contributed by atoms with Gasteiger partial charge in [0.1, 0.15) is 22.6 Å². The average molecular weight is 508 g/mol. The summed E-state index contributed by atoms with van der Waals surface area (Å²) in [6.45, 7) is 0. The molecule has 10 heteroatoms. The van der Waals surface area contributed by atoms with Crippen molar-refractivity contribution in [1.29, 1.82) is 0 Å². The van der Waals surface area contributed by atoms with Crippen LogP contribution in [0.1, 0.15) is 20.7 Å². The molecule has 0 atom stereocenters. The van der Waals surface area contributed by atoms with E-state index in [1.807, 2.05) is 0 Å². The first-order valence-electron chi connectivity index (χ1n) is 6.84. The second kappa shape index (κ2) is 8.19. The van der Waals surface area contributed by atoms with Crippen LogP contribution in [0.2, 0.25) is 0 Å². The molecule has 138 valence electrons. The molecule has 7 nitrogen and oxygen atoms in total. The standard InChI is InChI=1S/C16H12Br2O7S/c1-24-15(21)9-3-7(5-11(17)13(9)19)26(23)8-4-10(16(22)25-2)14(20)12(18)6-8/h3-6,19-20H,1-2H3. The second-order valence-electron chi connectivity index (χ2n) is 4.85. The van der Waals surface area contributed by atoms with Crippen molar-refractivity contribution in [1.82, 2.24) is 0 Å². The molecule has 0 saturated heterocycles. The minimum Gasteiger partial charge on any atom is -0.506 e. The summed E-state index contributed by atoms with van der Waals surface area (Å²) in [4.78, 5) is 23.9. The van der Waals surface area contributed by atoms with Gasteiger partial charge in [-0.15, -0.1) is 0 Å². The zero-order chi connectivity index (χ0) is 19.6. The van der Waals surface area contributed by atoms with E-state index in [-0.39, 0.29) is 41.4 Å². The predicted molar refractivity (Wildman–Crippen MR) is 99.0 cm³/mol. The molecule has 0 aliphatic carbocycles. The highest BCUT2D eigenvalue weighted by Gasteiger charge is 2.22. The minimum atomic E-state index is -1.84. The van der Waals surface area contributed by atoms with Crippen LogP contribution < -0.4 is 0 Å². The molecule has 0 heterocycles. The molecule has 2 N–H and O–H groups in total. The van der Waals surface area contributed by atoms with Gasteiger partial charge in [-0.3, -0.25) is 0 Å². The van der Waals surface area contributed by atoms with Gasteiger partial charge in [-0.2, -0.15) is 0 Å². The number of methoxy groups -OCH3 is 2. The van der Waals surface area contributed by atoms with Crippen LogP contribution in [0.25, 0.3) is 0 Å². The van der Waals surface area contributed by atoms with Crippen LogP contribution in [0.3, 0.4) is 0 Å². The Balaban J connectivity index is 2.60. The van der Waals surface area contributed by atoms with E-state index < -0.39 is 22.7 Å². The summed E-state index contributed by atoms with van der Waals surface area (Å²) in [5.41, 5.74) is -0.340. The Bertz CT molecular complexity index is 854. The maximum Gasteiger partial charge on any atom is 0.341 e. The van der Waals surface area contributed by atoms with Crippen LogP contribution in [0.15, 0.2) is 43.0 Å². The maximum absolute atomic E-state index is 12.9. The van der Waals surface area contributed by atoms with Gasteiger partial charge in [-0.1, -0.05) is 0 Å². The topological polar surface area (TPSA) is 110 Å². The molecule has 2 aromatic rings. The van der Waals surface area contributed by atoms with Gasteiger partial charge in [0.15, 0.2) is 0 Å². The molecular formula is C16H12Br2O7S.